The first kappa shape index (κ1) is 74.3. The van der Waals surface area contributed by atoms with Crippen LogP contribution in [-0.4, -0.2) is 92.4 Å². The number of carbonyl (C=O) groups is 4. The maximum absolute atomic E-state index is 13.6. The summed E-state index contributed by atoms with van der Waals surface area (Å²) in [5.74, 6) is -0.969. The van der Waals surface area contributed by atoms with Gasteiger partial charge in [0.1, 0.15) is 11.4 Å². The van der Waals surface area contributed by atoms with Crippen molar-refractivity contribution in [2.75, 3.05) is 36.2 Å². The van der Waals surface area contributed by atoms with Gasteiger partial charge >= 0.3 is 35.3 Å². The van der Waals surface area contributed by atoms with Crippen LogP contribution in [-0.2, 0) is 75.2 Å². The van der Waals surface area contributed by atoms with Crippen molar-refractivity contribution in [1.82, 2.24) is 0 Å². The van der Waals surface area contributed by atoms with E-state index in [4.69, 9.17) is 18.9 Å². The molecule has 0 N–H and O–H groups in total. The molecule has 23 heteroatoms. The molecular weight excluding hydrogens is 1310 g/mol. The number of nitro benzene ring substituents is 2. The Kier molecular flexibility index (Phi) is 25.4. The molecule has 0 atom stereocenters. The molecule has 0 aliphatic carbocycles. The summed E-state index contributed by atoms with van der Waals surface area (Å²) in [4.78, 5) is 80.6. The van der Waals surface area contributed by atoms with Crippen LogP contribution in [0.4, 0.5) is 56.9 Å². The molecule has 0 bridgehead atoms. The highest BCUT2D eigenvalue weighted by Crippen LogP contribution is 2.58. The van der Waals surface area contributed by atoms with Crippen LogP contribution in [0.15, 0.2) is 154 Å². The zero-order valence-corrected chi connectivity index (χ0v) is 63.0. The third-order valence-corrected chi connectivity index (χ3v) is 23.9. The highest BCUT2D eigenvalue weighted by atomic mass is 32.1. The SMILES string of the molecule is C[Si](C)(C)CCOC(=O)CCc1ccc(N(c2ccc(CCC(=O)OCC[Si](C)(C)C)cc2)c2ccc(-c3c4c(c(-c5ccc(N(c6ccc(CCC(=O)OCC[Si](C)(C)C)cc6)c6ccc(CCC(=O)OCC[Si](C)(C)C)cc6)cc5)c([N+](=O)[O-])c3[N+](=O)[O-])N=S=N4)cc2)cc1. The average Bonchev–Trinajstić information content (AvgIpc) is 1.72. The molecule has 0 fully saturated rings. The van der Waals surface area contributed by atoms with Crippen molar-refractivity contribution in [2.45, 2.75) is 154 Å². The molecule has 97 heavy (non-hydrogen) atoms. The minimum atomic E-state index is -1.37. The molecule has 1 heterocycles. The summed E-state index contributed by atoms with van der Waals surface area (Å²) in [5, 5.41) is 27.1. The molecule has 1 aliphatic heterocycles. The van der Waals surface area contributed by atoms with Crippen LogP contribution in [0.5, 0.6) is 0 Å². The Morgan fingerprint density at radius 2 is 0.567 bits per heavy atom. The van der Waals surface area contributed by atoms with E-state index in [0.29, 0.717) is 74.6 Å². The number of carbonyl (C=O) groups excluding carboxylic acids is 4. The number of nitro groups is 2. The fraction of sp³-hybridized carbons (Fsp3) is 0.378. The Morgan fingerprint density at radius 1 is 0.361 bits per heavy atom. The van der Waals surface area contributed by atoms with Gasteiger partial charge in [0.25, 0.3) is 0 Å². The summed E-state index contributed by atoms with van der Waals surface area (Å²) < 4.78 is 31.5. The van der Waals surface area contributed by atoms with Gasteiger partial charge in [0, 0.05) is 92.1 Å². The smallest absolute Gasteiger partial charge is 0.356 e. The van der Waals surface area contributed by atoms with Crippen molar-refractivity contribution in [3.8, 4) is 22.3 Å². The van der Waals surface area contributed by atoms with Crippen LogP contribution in [0.1, 0.15) is 47.9 Å². The third-order valence-electron chi connectivity index (χ3n) is 16.6. The Labute approximate surface area is 578 Å². The second-order valence-corrected chi connectivity index (χ2v) is 52.5. The van der Waals surface area contributed by atoms with E-state index >= 15 is 0 Å². The summed E-state index contributed by atoms with van der Waals surface area (Å²) in [6.45, 7) is 28.5. The normalized spacial score (nSPS) is 12.1. The van der Waals surface area contributed by atoms with Gasteiger partial charge in [-0.2, -0.15) is 8.73 Å². The number of aryl methyl sites for hydroxylation is 4. The van der Waals surface area contributed by atoms with Gasteiger partial charge in [-0.25, -0.2) is 0 Å². The summed E-state index contributed by atoms with van der Waals surface area (Å²) in [6.07, 6.45) is 2.88. The minimum absolute atomic E-state index is 0.0541. The van der Waals surface area contributed by atoms with E-state index in [0.717, 1.165) is 80.5 Å². The lowest BCUT2D eigenvalue weighted by molar-refractivity contribution is -0.421. The van der Waals surface area contributed by atoms with Gasteiger partial charge in [-0.15, -0.1) is 0 Å². The van der Waals surface area contributed by atoms with E-state index in [-0.39, 0.29) is 72.1 Å². The molecule has 18 nitrogen and oxygen atoms in total. The number of hydrogen-bond acceptors (Lipinski definition) is 16. The number of esters is 4. The highest BCUT2D eigenvalue weighted by Gasteiger charge is 2.41. The van der Waals surface area contributed by atoms with Crippen LogP contribution in [0, 0.1) is 20.2 Å². The summed E-state index contributed by atoms with van der Waals surface area (Å²) in [7, 11) is -5.48. The predicted octanol–water partition coefficient (Wildman–Crippen LogP) is 19.8. The van der Waals surface area contributed by atoms with Crippen molar-refractivity contribution < 1.29 is 48.0 Å². The van der Waals surface area contributed by atoms with Gasteiger partial charge in [0.15, 0.2) is 0 Å². The minimum Gasteiger partial charge on any atom is -0.466 e. The van der Waals surface area contributed by atoms with Gasteiger partial charge < -0.3 is 28.7 Å². The monoisotopic (exact) mass is 1400 g/mol. The largest absolute Gasteiger partial charge is 0.466 e. The van der Waals surface area contributed by atoms with Crippen LogP contribution < -0.4 is 9.80 Å². The molecular formula is C74H92N6O12SSi4. The van der Waals surface area contributed by atoms with Crippen molar-refractivity contribution in [1.29, 1.82) is 0 Å². The third kappa shape index (κ3) is 22.3. The highest BCUT2D eigenvalue weighted by molar-refractivity contribution is 7.58. The van der Waals surface area contributed by atoms with Crippen molar-refractivity contribution in [2.24, 2.45) is 8.73 Å². The molecule has 0 spiro atoms. The van der Waals surface area contributed by atoms with Gasteiger partial charge in [0.05, 0.1) is 58.8 Å². The second-order valence-electron chi connectivity index (χ2n) is 29.5. The molecule has 0 unspecified atom stereocenters. The second kappa shape index (κ2) is 33.2. The van der Waals surface area contributed by atoms with Crippen molar-refractivity contribution in [3.05, 3.63) is 188 Å². The zero-order chi connectivity index (χ0) is 70.2. The van der Waals surface area contributed by atoms with Gasteiger partial charge in [-0.1, -0.05) is 151 Å². The van der Waals surface area contributed by atoms with E-state index in [2.05, 4.69) is 87.3 Å². The van der Waals surface area contributed by atoms with Crippen LogP contribution >= 0.6 is 0 Å². The number of rotatable bonds is 34. The molecule has 0 radical (unpaired) electrons. The Bertz CT molecular complexity index is 3580. The lowest BCUT2D eigenvalue weighted by Gasteiger charge is -2.26. The molecule has 8 rings (SSSR count). The van der Waals surface area contributed by atoms with E-state index in [1.54, 1.807) is 48.5 Å². The molecule has 512 valence electrons. The van der Waals surface area contributed by atoms with Gasteiger partial charge in [-0.05, 0) is 156 Å². The van der Waals surface area contributed by atoms with Gasteiger partial charge in [0.2, 0.25) is 0 Å². The lowest BCUT2D eigenvalue weighted by atomic mass is 9.92. The summed E-state index contributed by atoms with van der Waals surface area (Å²) >= 11 is 0.798. The average molecular weight is 1400 g/mol. The molecule has 0 saturated carbocycles. The van der Waals surface area contributed by atoms with Crippen molar-refractivity contribution in [3.63, 3.8) is 0 Å². The first-order valence-corrected chi connectivity index (χ1v) is 48.8. The molecule has 0 aromatic heterocycles. The Morgan fingerprint density at radius 3 is 0.763 bits per heavy atom. The number of ether oxygens (including phenoxy) is 4. The number of anilines is 6. The molecule has 7 aromatic carbocycles. The number of fused-ring (bicyclic) bond motifs is 1. The van der Waals surface area contributed by atoms with Crippen LogP contribution in [0.2, 0.25) is 103 Å². The lowest BCUT2D eigenvalue weighted by Crippen LogP contribution is -2.22. The molecule has 0 saturated heterocycles. The fourth-order valence-corrected chi connectivity index (χ4v) is 14.2. The Hall–Kier alpha value is -8.49. The van der Waals surface area contributed by atoms with Crippen molar-refractivity contribution >= 4 is 124 Å². The maximum Gasteiger partial charge on any atom is 0.356 e. The number of benzene rings is 7. The number of hydrogen-bond donors (Lipinski definition) is 0. The summed E-state index contributed by atoms with van der Waals surface area (Å²) in [5.41, 5.74) is 7.45. The molecule has 0 amide bonds. The topological polar surface area (TPSA) is 223 Å². The van der Waals surface area contributed by atoms with Crippen LogP contribution in [0.3, 0.4) is 0 Å². The van der Waals surface area contributed by atoms with E-state index < -0.39 is 53.5 Å². The summed E-state index contributed by atoms with van der Waals surface area (Å²) in [6, 6.07) is 48.9. The van der Waals surface area contributed by atoms with Gasteiger partial charge in [-0.3, -0.25) is 39.4 Å². The fourth-order valence-electron chi connectivity index (χ4n) is 10.7. The van der Waals surface area contributed by atoms with E-state index in [9.17, 15) is 39.4 Å². The molecule has 7 aromatic rings. The van der Waals surface area contributed by atoms with Crippen LogP contribution in [0.25, 0.3) is 22.3 Å². The molecule has 1 aliphatic rings. The zero-order valence-electron chi connectivity index (χ0n) is 58.2. The van der Waals surface area contributed by atoms with E-state index in [1.807, 2.05) is 107 Å². The Balaban J connectivity index is 1.10. The maximum atomic E-state index is 13.6. The quantitative estimate of drug-likeness (QED) is 0.0120. The first-order chi connectivity index (χ1) is 45.9. The predicted molar refractivity (Wildman–Crippen MR) is 401 cm³/mol. The number of nitrogens with zero attached hydrogens (tertiary/aromatic N) is 6. The van der Waals surface area contributed by atoms with E-state index in [1.165, 1.54) is 0 Å². The standard InChI is InChI=1S/C74H92N6O12SSi4/c1-94(2,3)49-45-89-65(81)41-21-53-13-29-59(30-14-53)77(60-31-15-54(16-32-60)22-42-66(82)90-46-50-95(4,5)6)63-37-25-57(26-38-63)69-71-72(76-93-75-71)70(74(80(87)88)73(69)79(85)86)58-27-39-64(40-28-58)78(61-33-17-55(18-34-61)23-43-67(83)91-47-51-96(7,8)9)62-35-19-56(20-36-62)24-44-68(84)92-48-52-97(10,11)12/h13-20,25-40H,21-24,41-52H2,1-12H3. The first-order valence-electron chi connectivity index (χ1n) is 33.3.